The van der Waals surface area contributed by atoms with E-state index in [4.69, 9.17) is 5.26 Å². The van der Waals surface area contributed by atoms with Crippen LogP contribution >= 0.6 is 0 Å². The van der Waals surface area contributed by atoms with Crippen molar-refractivity contribution < 1.29 is 9.90 Å². The molecule has 0 unspecified atom stereocenters. The van der Waals surface area contributed by atoms with Gasteiger partial charge in [0.15, 0.2) is 0 Å². The molecular formula is C14H17N3O2. The molecule has 1 aromatic rings. The van der Waals surface area contributed by atoms with Gasteiger partial charge >= 0.3 is 6.03 Å². The van der Waals surface area contributed by atoms with E-state index in [2.05, 4.69) is 10.6 Å². The number of carbonyl (C=O) groups excluding carboxylic acids is 1. The number of aliphatic hydroxyl groups is 1. The molecule has 5 nitrogen and oxygen atoms in total. The molecule has 2 rings (SSSR count). The third kappa shape index (κ3) is 3.70. The fraction of sp³-hybridized carbons (Fsp3) is 0.429. The van der Waals surface area contributed by atoms with Gasteiger partial charge in [0, 0.05) is 6.04 Å². The van der Waals surface area contributed by atoms with Crippen LogP contribution in [0.25, 0.3) is 0 Å². The third-order valence-electron chi connectivity index (χ3n) is 3.33. The normalized spacial score (nSPS) is 22.3. The molecule has 2 amide bonds. The van der Waals surface area contributed by atoms with E-state index in [0.29, 0.717) is 11.3 Å². The zero-order valence-corrected chi connectivity index (χ0v) is 10.6. The van der Waals surface area contributed by atoms with Crippen molar-refractivity contribution in [2.24, 2.45) is 0 Å². The van der Waals surface area contributed by atoms with E-state index < -0.39 is 0 Å². The minimum absolute atomic E-state index is 0.0950. The van der Waals surface area contributed by atoms with Gasteiger partial charge in [-0.1, -0.05) is 12.1 Å². The number of para-hydroxylation sites is 1. The SMILES string of the molecule is N#Cc1ccccc1NC(=O)NC1CCC(O)CC1. The van der Waals surface area contributed by atoms with E-state index in [1.54, 1.807) is 24.3 Å². The van der Waals surface area contributed by atoms with E-state index in [0.717, 1.165) is 25.7 Å². The highest BCUT2D eigenvalue weighted by Crippen LogP contribution is 2.19. The van der Waals surface area contributed by atoms with Crippen LogP contribution in [-0.4, -0.2) is 23.3 Å². The number of urea groups is 1. The topological polar surface area (TPSA) is 85.2 Å². The number of nitriles is 1. The first-order valence-electron chi connectivity index (χ1n) is 6.43. The zero-order valence-electron chi connectivity index (χ0n) is 10.6. The summed E-state index contributed by atoms with van der Waals surface area (Å²) in [6, 6.07) is 8.71. The predicted molar refractivity (Wildman–Crippen MR) is 71.6 cm³/mol. The molecule has 0 aromatic heterocycles. The fourth-order valence-corrected chi connectivity index (χ4v) is 2.25. The van der Waals surface area contributed by atoms with Crippen LogP contribution in [0, 0.1) is 11.3 Å². The molecular weight excluding hydrogens is 242 g/mol. The molecule has 0 heterocycles. The summed E-state index contributed by atoms with van der Waals surface area (Å²) in [6.45, 7) is 0. The molecule has 19 heavy (non-hydrogen) atoms. The minimum atomic E-state index is -0.302. The number of carbonyl (C=O) groups is 1. The number of rotatable bonds is 2. The first-order chi connectivity index (χ1) is 9.19. The van der Waals surface area contributed by atoms with Gasteiger partial charge in [-0.2, -0.15) is 5.26 Å². The van der Waals surface area contributed by atoms with Gasteiger partial charge in [0.25, 0.3) is 0 Å². The van der Waals surface area contributed by atoms with Crippen molar-refractivity contribution >= 4 is 11.7 Å². The Morgan fingerprint density at radius 3 is 2.63 bits per heavy atom. The van der Waals surface area contributed by atoms with Gasteiger partial charge in [0.05, 0.1) is 17.4 Å². The Kier molecular flexibility index (Phi) is 4.37. The second-order valence-electron chi connectivity index (χ2n) is 4.76. The summed E-state index contributed by atoms with van der Waals surface area (Å²) in [7, 11) is 0. The molecule has 5 heteroatoms. The van der Waals surface area contributed by atoms with Crippen LogP contribution in [0.15, 0.2) is 24.3 Å². The molecule has 1 aliphatic rings. The van der Waals surface area contributed by atoms with Crippen molar-refractivity contribution in [1.29, 1.82) is 5.26 Å². The van der Waals surface area contributed by atoms with Gasteiger partial charge in [0.2, 0.25) is 0 Å². The first kappa shape index (κ1) is 13.4. The molecule has 0 aliphatic heterocycles. The summed E-state index contributed by atoms with van der Waals surface area (Å²) in [6.07, 6.45) is 2.78. The summed E-state index contributed by atoms with van der Waals surface area (Å²) in [4.78, 5) is 11.8. The van der Waals surface area contributed by atoms with Crippen LogP contribution in [-0.2, 0) is 0 Å². The van der Waals surface area contributed by atoms with Crippen LogP contribution in [0.2, 0.25) is 0 Å². The standard InChI is InChI=1S/C14H17N3O2/c15-9-10-3-1-2-4-13(10)17-14(19)16-11-5-7-12(18)8-6-11/h1-4,11-12,18H,5-8H2,(H2,16,17,19). The fourth-order valence-electron chi connectivity index (χ4n) is 2.25. The van der Waals surface area contributed by atoms with Crippen molar-refractivity contribution in [1.82, 2.24) is 5.32 Å². The smallest absolute Gasteiger partial charge is 0.319 e. The Labute approximate surface area is 112 Å². The van der Waals surface area contributed by atoms with E-state index in [1.807, 2.05) is 6.07 Å². The number of nitrogens with one attached hydrogen (secondary N) is 2. The molecule has 0 spiro atoms. The predicted octanol–water partition coefficient (Wildman–Crippen LogP) is 1.98. The number of amides is 2. The molecule has 1 saturated carbocycles. The lowest BCUT2D eigenvalue weighted by Crippen LogP contribution is -2.41. The van der Waals surface area contributed by atoms with Crippen LogP contribution < -0.4 is 10.6 Å². The third-order valence-corrected chi connectivity index (χ3v) is 3.33. The first-order valence-corrected chi connectivity index (χ1v) is 6.43. The lowest BCUT2D eigenvalue weighted by atomic mass is 9.93. The monoisotopic (exact) mass is 259 g/mol. The number of anilines is 1. The summed E-state index contributed by atoms with van der Waals surface area (Å²) >= 11 is 0. The molecule has 0 saturated heterocycles. The van der Waals surface area contributed by atoms with Gasteiger partial charge in [-0.25, -0.2) is 4.79 Å². The number of aliphatic hydroxyl groups excluding tert-OH is 1. The zero-order chi connectivity index (χ0) is 13.7. The van der Waals surface area contributed by atoms with E-state index in [-0.39, 0.29) is 18.2 Å². The maximum Gasteiger partial charge on any atom is 0.319 e. The van der Waals surface area contributed by atoms with Crippen molar-refractivity contribution in [2.75, 3.05) is 5.32 Å². The van der Waals surface area contributed by atoms with E-state index in [9.17, 15) is 9.90 Å². The van der Waals surface area contributed by atoms with Gasteiger partial charge in [0.1, 0.15) is 6.07 Å². The quantitative estimate of drug-likeness (QED) is 0.759. The number of hydrogen-bond acceptors (Lipinski definition) is 3. The summed E-state index contributed by atoms with van der Waals surface area (Å²) in [5.41, 5.74) is 0.954. The maximum atomic E-state index is 11.8. The molecule has 1 fully saturated rings. The van der Waals surface area contributed by atoms with Gasteiger partial charge < -0.3 is 15.7 Å². The lowest BCUT2D eigenvalue weighted by molar-refractivity contribution is 0.118. The Bertz CT molecular complexity index is 488. The molecule has 1 aliphatic carbocycles. The van der Waals surface area contributed by atoms with Gasteiger partial charge in [-0.3, -0.25) is 0 Å². The van der Waals surface area contributed by atoms with E-state index in [1.165, 1.54) is 0 Å². The number of benzene rings is 1. The Morgan fingerprint density at radius 2 is 1.95 bits per heavy atom. The molecule has 0 atom stereocenters. The van der Waals surface area contributed by atoms with Crippen LogP contribution in [0.4, 0.5) is 10.5 Å². The summed E-state index contributed by atoms with van der Waals surface area (Å²) in [5.74, 6) is 0. The Hall–Kier alpha value is -2.06. The molecule has 0 radical (unpaired) electrons. The minimum Gasteiger partial charge on any atom is -0.393 e. The maximum absolute atomic E-state index is 11.8. The van der Waals surface area contributed by atoms with Gasteiger partial charge in [-0.15, -0.1) is 0 Å². The van der Waals surface area contributed by atoms with E-state index >= 15 is 0 Å². The van der Waals surface area contributed by atoms with Crippen molar-refractivity contribution in [3.8, 4) is 6.07 Å². The average molecular weight is 259 g/mol. The summed E-state index contributed by atoms with van der Waals surface area (Å²) in [5, 5.41) is 23.9. The molecule has 3 N–H and O–H groups in total. The second kappa shape index (κ2) is 6.21. The summed E-state index contributed by atoms with van der Waals surface area (Å²) < 4.78 is 0. The van der Waals surface area contributed by atoms with Crippen molar-refractivity contribution in [3.63, 3.8) is 0 Å². The highest BCUT2D eigenvalue weighted by atomic mass is 16.3. The highest BCUT2D eigenvalue weighted by Gasteiger charge is 2.20. The highest BCUT2D eigenvalue weighted by molar-refractivity contribution is 5.90. The second-order valence-corrected chi connectivity index (χ2v) is 4.76. The molecule has 100 valence electrons. The van der Waals surface area contributed by atoms with Crippen molar-refractivity contribution in [2.45, 2.75) is 37.8 Å². The van der Waals surface area contributed by atoms with Crippen LogP contribution in [0.5, 0.6) is 0 Å². The van der Waals surface area contributed by atoms with Gasteiger partial charge in [-0.05, 0) is 37.8 Å². The number of hydrogen-bond donors (Lipinski definition) is 3. The Balaban J connectivity index is 1.89. The van der Waals surface area contributed by atoms with Crippen molar-refractivity contribution in [3.05, 3.63) is 29.8 Å². The molecule has 1 aromatic carbocycles. The molecule has 0 bridgehead atoms. The number of nitrogens with zero attached hydrogens (tertiary/aromatic N) is 1. The Morgan fingerprint density at radius 1 is 1.26 bits per heavy atom. The lowest BCUT2D eigenvalue weighted by Gasteiger charge is -2.26. The van der Waals surface area contributed by atoms with Crippen LogP contribution in [0.1, 0.15) is 31.2 Å². The average Bonchev–Trinajstić information content (AvgIpc) is 2.42. The van der Waals surface area contributed by atoms with Crippen LogP contribution in [0.3, 0.4) is 0 Å². The largest absolute Gasteiger partial charge is 0.393 e.